The summed E-state index contributed by atoms with van der Waals surface area (Å²) in [7, 11) is 0. The molecule has 0 unspecified atom stereocenters. The van der Waals surface area contributed by atoms with E-state index in [0.717, 1.165) is 63.4 Å². The van der Waals surface area contributed by atoms with Crippen molar-refractivity contribution in [1.82, 2.24) is 0 Å². The molecule has 0 saturated heterocycles. The molecule has 1 spiro atoms. The lowest BCUT2D eigenvalue weighted by atomic mass is 9.43. The zero-order valence-corrected chi connectivity index (χ0v) is 33.2. The number of para-hydroxylation sites is 2. The van der Waals surface area contributed by atoms with Gasteiger partial charge >= 0.3 is 0 Å². The van der Waals surface area contributed by atoms with Gasteiger partial charge in [0.25, 0.3) is 0 Å². The number of rotatable bonds is 4. The molecule has 1 heterocycles. The second-order valence-electron chi connectivity index (χ2n) is 19.5. The summed E-state index contributed by atoms with van der Waals surface area (Å²) in [6.45, 7) is 9.73. The van der Waals surface area contributed by atoms with E-state index >= 15 is 0 Å². The molecule has 6 aliphatic carbocycles. The van der Waals surface area contributed by atoms with Gasteiger partial charge < -0.3 is 9.32 Å². The fourth-order valence-corrected chi connectivity index (χ4v) is 13.4. The molecule has 0 amide bonds. The minimum Gasteiger partial charge on any atom is -0.454 e. The Hall–Kier alpha value is -5.08. The third kappa shape index (κ3) is 4.39. The summed E-state index contributed by atoms with van der Waals surface area (Å²) in [4.78, 5) is 2.50. The lowest BCUT2D eigenvalue weighted by Crippen LogP contribution is -2.55. The molecule has 6 aromatic carbocycles. The Labute approximate surface area is 331 Å². The van der Waals surface area contributed by atoms with Gasteiger partial charge in [-0.25, -0.2) is 0 Å². The van der Waals surface area contributed by atoms with E-state index in [1.165, 1.54) is 77.6 Å². The SMILES string of the molecule is CC1(C)CCC(C)(C)c2c(N(c3ccc(-c4cccc5c4-c4ccccc4C54C5CC6CC(C5)CC4C6)cc3)c3cccc4c3oc3ccccc34)cccc21. The molecule has 4 bridgehead atoms. The molecule has 1 aromatic heterocycles. The highest BCUT2D eigenvalue weighted by molar-refractivity contribution is 6.10. The predicted octanol–water partition coefficient (Wildman–Crippen LogP) is 14.8. The van der Waals surface area contributed by atoms with E-state index in [4.69, 9.17) is 4.42 Å². The summed E-state index contributed by atoms with van der Waals surface area (Å²) in [5, 5.41) is 2.31. The molecule has 7 aromatic rings. The Morgan fingerprint density at radius 1 is 0.518 bits per heavy atom. The van der Waals surface area contributed by atoms with E-state index in [-0.39, 0.29) is 16.2 Å². The van der Waals surface area contributed by atoms with E-state index < -0.39 is 0 Å². The predicted molar refractivity (Wildman–Crippen MR) is 232 cm³/mol. The average molecular weight is 730 g/mol. The van der Waals surface area contributed by atoms with Crippen molar-refractivity contribution in [2.24, 2.45) is 23.7 Å². The number of anilines is 3. The number of hydrogen-bond acceptors (Lipinski definition) is 2. The molecular formula is C54H51NO. The summed E-state index contributed by atoms with van der Waals surface area (Å²) in [6.07, 6.45) is 9.44. The Kier molecular flexibility index (Phi) is 6.80. The quantitative estimate of drug-likeness (QED) is 0.179. The molecule has 6 aliphatic rings. The van der Waals surface area contributed by atoms with Crippen LogP contribution in [0.4, 0.5) is 17.1 Å². The van der Waals surface area contributed by atoms with E-state index in [1.54, 1.807) is 11.1 Å². The normalized spacial score (nSPS) is 26.1. The van der Waals surface area contributed by atoms with Crippen LogP contribution in [-0.4, -0.2) is 0 Å². The minimum absolute atomic E-state index is 0.0211. The van der Waals surface area contributed by atoms with Crippen molar-refractivity contribution in [1.29, 1.82) is 0 Å². The molecule has 0 atom stereocenters. The van der Waals surface area contributed by atoms with Crippen LogP contribution < -0.4 is 4.90 Å². The molecule has 2 nitrogen and oxygen atoms in total. The zero-order valence-electron chi connectivity index (χ0n) is 33.2. The number of furan rings is 1. The van der Waals surface area contributed by atoms with Gasteiger partial charge in [-0.15, -0.1) is 0 Å². The van der Waals surface area contributed by atoms with Crippen LogP contribution in [-0.2, 0) is 16.2 Å². The van der Waals surface area contributed by atoms with Gasteiger partial charge in [0.05, 0.1) is 11.4 Å². The number of benzene rings is 6. The largest absolute Gasteiger partial charge is 0.454 e. The second-order valence-corrected chi connectivity index (χ2v) is 19.5. The summed E-state index contributed by atoms with van der Waals surface area (Å²) in [5.41, 5.74) is 17.4. The van der Waals surface area contributed by atoms with Gasteiger partial charge in [0.15, 0.2) is 5.58 Å². The highest BCUT2D eigenvalue weighted by atomic mass is 16.3. The molecule has 278 valence electrons. The molecule has 56 heavy (non-hydrogen) atoms. The summed E-state index contributed by atoms with van der Waals surface area (Å²) >= 11 is 0. The highest BCUT2D eigenvalue weighted by Crippen LogP contribution is 2.70. The standard InChI is InChI=1S/C54H51NO/c1-52(2)26-27-53(3,4)50-45(52)18-11-19-46(50)55(47-20-10-15-41-40-12-6-8-21-48(40)56-51(41)47)38-24-22-35(23-25-38)39-14-9-17-44-49(39)42-13-5-7-16-43(42)54(44)36-29-33-28-34(31-36)32-37(54)30-33/h5-25,33-34,36-37H,26-32H2,1-4H3. The van der Waals surface area contributed by atoms with Crippen molar-refractivity contribution < 1.29 is 4.42 Å². The Bertz CT molecular complexity index is 2700. The maximum Gasteiger partial charge on any atom is 0.159 e. The molecule has 13 rings (SSSR count). The van der Waals surface area contributed by atoms with Crippen LogP contribution in [0.2, 0.25) is 0 Å². The molecule has 4 fully saturated rings. The van der Waals surface area contributed by atoms with Gasteiger partial charge in [-0.2, -0.15) is 0 Å². The van der Waals surface area contributed by atoms with Gasteiger partial charge in [0.2, 0.25) is 0 Å². The van der Waals surface area contributed by atoms with Crippen molar-refractivity contribution in [2.75, 3.05) is 4.90 Å². The minimum atomic E-state index is 0.0211. The van der Waals surface area contributed by atoms with Gasteiger partial charge in [-0.3, -0.25) is 0 Å². The van der Waals surface area contributed by atoms with Crippen LogP contribution in [0.5, 0.6) is 0 Å². The average Bonchev–Trinajstić information content (AvgIpc) is 3.74. The maximum atomic E-state index is 6.77. The molecular weight excluding hydrogens is 679 g/mol. The van der Waals surface area contributed by atoms with Crippen LogP contribution >= 0.6 is 0 Å². The molecule has 4 saturated carbocycles. The lowest BCUT2D eigenvalue weighted by Gasteiger charge is -2.61. The zero-order chi connectivity index (χ0) is 37.6. The van der Waals surface area contributed by atoms with Crippen molar-refractivity contribution in [3.63, 3.8) is 0 Å². The lowest BCUT2D eigenvalue weighted by molar-refractivity contribution is -0.0399. The third-order valence-corrected chi connectivity index (χ3v) is 15.7. The van der Waals surface area contributed by atoms with Gasteiger partial charge in [-0.1, -0.05) is 125 Å². The smallest absolute Gasteiger partial charge is 0.159 e. The monoisotopic (exact) mass is 729 g/mol. The van der Waals surface area contributed by atoms with Crippen LogP contribution in [0, 0.1) is 23.7 Å². The maximum absolute atomic E-state index is 6.77. The fourth-order valence-electron chi connectivity index (χ4n) is 13.4. The Morgan fingerprint density at radius 2 is 1.12 bits per heavy atom. The van der Waals surface area contributed by atoms with Gasteiger partial charge in [-0.05, 0) is 154 Å². The van der Waals surface area contributed by atoms with E-state index in [9.17, 15) is 0 Å². The molecule has 2 heteroatoms. The number of nitrogens with zero attached hydrogens (tertiary/aromatic N) is 1. The van der Waals surface area contributed by atoms with E-state index in [1.807, 2.05) is 0 Å². The van der Waals surface area contributed by atoms with Crippen molar-refractivity contribution in [3.8, 4) is 22.3 Å². The second kappa shape index (κ2) is 11.5. The van der Waals surface area contributed by atoms with Crippen molar-refractivity contribution in [2.45, 2.75) is 88.9 Å². The molecule has 0 N–H and O–H groups in total. The van der Waals surface area contributed by atoms with Crippen LogP contribution in [0.3, 0.4) is 0 Å². The summed E-state index contributed by atoms with van der Waals surface area (Å²) in [6, 6.07) is 48.5. The first-order valence-corrected chi connectivity index (χ1v) is 21.4. The van der Waals surface area contributed by atoms with E-state index in [0.29, 0.717) is 0 Å². The first kappa shape index (κ1) is 33.1. The van der Waals surface area contributed by atoms with Gasteiger partial charge in [0.1, 0.15) is 5.58 Å². The Balaban J connectivity index is 1.05. The highest BCUT2D eigenvalue weighted by Gasteiger charge is 2.61. The topological polar surface area (TPSA) is 16.4 Å². The van der Waals surface area contributed by atoms with Crippen LogP contribution in [0.1, 0.15) is 94.9 Å². The third-order valence-electron chi connectivity index (χ3n) is 15.7. The number of fused-ring (bicyclic) bond motifs is 7. The van der Waals surface area contributed by atoms with Crippen molar-refractivity contribution >= 4 is 39.0 Å². The molecule has 0 aliphatic heterocycles. The Morgan fingerprint density at radius 3 is 1.93 bits per heavy atom. The summed E-state index contributed by atoms with van der Waals surface area (Å²) < 4.78 is 6.77. The number of hydrogen-bond donors (Lipinski definition) is 0. The first-order chi connectivity index (χ1) is 27.2. The summed E-state index contributed by atoms with van der Waals surface area (Å²) in [5.74, 6) is 3.41. The van der Waals surface area contributed by atoms with Crippen LogP contribution in [0.15, 0.2) is 132 Å². The van der Waals surface area contributed by atoms with Gasteiger partial charge in [0, 0.05) is 21.9 Å². The first-order valence-electron chi connectivity index (χ1n) is 21.4. The van der Waals surface area contributed by atoms with Crippen molar-refractivity contribution in [3.05, 3.63) is 150 Å². The van der Waals surface area contributed by atoms with Crippen LogP contribution in [0.25, 0.3) is 44.2 Å². The molecule has 0 radical (unpaired) electrons. The van der Waals surface area contributed by atoms with E-state index in [2.05, 4.69) is 160 Å². The fraction of sp³-hybridized carbons (Fsp3) is 0.333.